The Bertz CT molecular complexity index is 497. The van der Waals surface area contributed by atoms with Crippen molar-refractivity contribution in [2.75, 3.05) is 19.8 Å². The summed E-state index contributed by atoms with van der Waals surface area (Å²) in [7, 11) is 0. The lowest BCUT2D eigenvalue weighted by atomic mass is 10.1. The fourth-order valence-electron chi connectivity index (χ4n) is 2.80. The number of aromatic nitrogens is 2. The van der Waals surface area contributed by atoms with Gasteiger partial charge in [-0.15, -0.1) is 0 Å². The first-order valence-corrected chi connectivity index (χ1v) is 7.27. The monoisotopic (exact) mass is 329 g/mol. The van der Waals surface area contributed by atoms with Crippen LogP contribution in [0.3, 0.4) is 0 Å². The number of fused-ring (bicyclic) bond motifs is 1. The zero-order chi connectivity index (χ0) is 13.4. The molecule has 1 amide bonds. The summed E-state index contributed by atoms with van der Waals surface area (Å²) in [6.45, 7) is 2.52. The van der Waals surface area contributed by atoms with Crippen molar-refractivity contribution in [1.29, 1.82) is 0 Å². The van der Waals surface area contributed by atoms with Crippen LogP contribution in [0.4, 0.5) is 4.79 Å². The number of amides is 1. The fraction of sp³-hybridized carbons (Fsp3) is 0.667. The van der Waals surface area contributed by atoms with Crippen LogP contribution in [0.15, 0.2) is 4.60 Å². The van der Waals surface area contributed by atoms with E-state index in [1.807, 2.05) is 0 Å². The molecule has 2 aliphatic heterocycles. The van der Waals surface area contributed by atoms with Crippen molar-refractivity contribution in [2.45, 2.75) is 31.8 Å². The number of ether oxygens (including phenoxy) is 1. The zero-order valence-corrected chi connectivity index (χ0v) is 12.1. The molecule has 3 heterocycles. The van der Waals surface area contributed by atoms with E-state index in [-0.39, 0.29) is 0 Å². The van der Waals surface area contributed by atoms with E-state index in [0.29, 0.717) is 19.1 Å². The van der Waals surface area contributed by atoms with E-state index in [9.17, 15) is 4.79 Å². The molecule has 19 heavy (non-hydrogen) atoms. The minimum atomic E-state index is -0.864. The fourth-order valence-corrected chi connectivity index (χ4v) is 3.33. The third-order valence-corrected chi connectivity index (χ3v) is 4.48. The van der Waals surface area contributed by atoms with Gasteiger partial charge in [0.05, 0.1) is 12.6 Å². The van der Waals surface area contributed by atoms with Crippen LogP contribution in [0.5, 0.6) is 0 Å². The Labute approximate surface area is 119 Å². The van der Waals surface area contributed by atoms with E-state index in [4.69, 9.17) is 9.84 Å². The molecule has 7 heteroatoms. The second kappa shape index (κ2) is 5.13. The molecule has 0 spiro atoms. The molecule has 1 fully saturated rings. The average Bonchev–Trinajstić information content (AvgIpc) is 2.77. The molecule has 0 radical (unpaired) electrons. The van der Waals surface area contributed by atoms with Gasteiger partial charge >= 0.3 is 6.09 Å². The van der Waals surface area contributed by atoms with E-state index in [0.717, 1.165) is 42.6 Å². The summed E-state index contributed by atoms with van der Waals surface area (Å²) in [6.07, 6.45) is 1.82. The molecule has 1 aromatic heterocycles. The highest BCUT2D eigenvalue weighted by Crippen LogP contribution is 2.31. The van der Waals surface area contributed by atoms with Crippen molar-refractivity contribution in [3.63, 3.8) is 0 Å². The predicted octanol–water partition coefficient (Wildman–Crippen LogP) is 2.03. The third kappa shape index (κ3) is 2.36. The molecule has 1 saturated heterocycles. The van der Waals surface area contributed by atoms with Crippen molar-refractivity contribution in [1.82, 2.24) is 14.7 Å². The molecule has 6 nitrogen and oxygen atoms in total. The molecule has 1 N–H and O–H groups in total. The van der Waals surface area contributed by atoms with Crippen molar-refractivity contribution >= 4 is 22.0 Å². The molecule has 0 aromatic carbocycles. The summed E-state index contributed by atoms with van der Waals surface area (Å²) in [4.78, 5) is 12.5. The van der Waals surface area contributed by atoms with E-state index in [1.54, 1.807) is 0 Å². The highest BCUT2D eigenvalue weighted by molar-refractivity contribution is 9.10. The average molecular weight is 330 g/mol. The quantitative estimate of drug-likeness (QED) is 0.856. The first-order valence-electron chi connectivity index (χ1n) is 6.48. The van der Waals surface area contributed by atoms with Gasteiger partial charge in [-0.05, 0) is 28.8 Å². The first-order chi connectivity index (χ1) is 9.16. The summed E-state index contributed by atoms with van der Waals surface area (Å²) in [5.74, 6) is 0. The van der Waals surface area contributed by atoms with E-state index >= 15 is 0 Å². The van der Waals surface area contributed by atoms with Crippen LogP contribution in [-0.4, -0.2) is 45.6 Å². The van der Waals surface area contributed by atoms with Gasteiger partial charge < -0.3 is 14.7 Å². The minimum Gasteiger partial charge on any atom is -0.465 e. The summed E-state index contributed by atoms with van der Waals surface area (Å²) < 4.78 is 8.24. The van der Waals surface area contributed by atoms with Crippen LogP contribution < -0.4 is 0 Å². The summed E-state index contributed by atoms with van der Waals surface area (Å²) in [6, 6.07) is 0.380. The molecule has 104 valence electrons. The Morgan fingerprint density at radius 2 is 2.16 bits per heavy atom. The number of carbonyl (C=O) groups is 1. The molecule has 3 rings (SSSR count). The number of rotatable bonds is 1. The number of halogens is 1. The van der Waals surface area contributed by atoms with Gasteiger partial charge in [0.15, 0.2) is 0 Å². The molecule has 2 aliphatic rings. The maximum Gasteiger partial charge on any atom is 0.407 e. The lowest BCUT2D eigenvalue weighted by Gasteiger charge is -2.28. The smallest absolute Gasteiger partial charge is 0.407 e. The summed E-state index contributed by atoms with van der Waals surface area (Å²) in [5.41, 5.74) is 2.19. The molecular weight excluding hydrogens is 314 g/mol. The Hall–Kier alpha value is -1.08. The van der Waals surface area contributed by atoms with Gasteiger partial charge in [0.2, 0.25) is 0 Å². The van der Waals surface area contributed by atoms with E-state index < -0.39 is 6.09 Å². The Morgan fingerprint density at radius 3 is 2.84 bits per heavy atom. The van der Waals surface area contributed by atoms with Crippen LogP contribution in [0.2, 0.25) is 0 Å². The molecule has 0 bridgehead atoms. The Kier molecular flexibility index (Phi) is 3.49. The molecule has 1 aromatic rings. The van der Waals surface area contributed by atoms with Crippen LogP contribution in [-0.2, 0) is 17.7 Å². The Balaban J connectivity index is 1.89. The first kappa shape index (κ1) is 12.9. The third-order valence-electron chi connectivity index (χ3n) is 3.84. The van der Waals surface area contributed by atoms with Gasteiger partial charge in [0.25, 0.3) is 0 Å². The molecule has 0 unspecified atom stereocenters. The summed E-state index contributed by atoms with van der Waals surface area (Å²) in [5, 5.41) is 13.6. The van der Waals surface area contributed by atoms with Crippen LogP contribution >= 0.6 is 15.9 Å². The lowest BCUT2D eigenvalue weighted by Crippen LogP contribution is -2.35. The number of hydrogen-bond donors (Lipinski definition) is 1. The van der Waals surface area contributed by atoms with Gasteiger partial charge in [0, 0.05) is 37.4 Å². The van der Waals surface area contributed by atoms with Crippen molar-refractivity contribution in [2.24, 2.45) is 0 Å². The second-order valence-corrected chi connectivity index (χ2v) is 5.71. The maximum atomic E-state index is 11.1. The number of nitrogens with zero attached hydrogens (tertiary/aromatic N) is 3. The normalized spacial score (nSPS) is 20.4. The van der Waals surface area contributed by atoms with E-state index in [1.165, 1.54) is 10.6 Å². The molecule has 0 atom stereocenters. The van der Waals surface area contributed by atoms with Crippen molar-refractivity contribution in [3.8, 4) is 0 Å². The highest BCUT2D eigenvalue weighted by atomic mass is 79.9. The minimum absolute atomic E-state index is 0.380. The van der Waals surface area contributed by atoms with Crippen LogP contribution in [0.1, 0.15) is 30.1 Å². The maximum absolute atomic E-state index is 11.1. The van der Waals surface area contributed by atoms with Crippen LogP contribution in [0, 0.1) is 0 Å². The molecular formula is C12H16BrN3O3. The van der Waals surface area contributed by atoms with Crippen molar-refractivity contribution in [3.05, 3.63) is 15.9 Å². The SMILES string of the molecule is O=C(O)N1CCc2c(c(Br)nn2C2CCOCC2)C1. The van der Waals surface area contributed by atoms with Gasteiger partial charge in [0.1, 0.15) is 4.60 Å². The Morgan fingerprint density at radius 1 is 1.42 bits per heavy atom. The zero-order valence-electron chi connectivity index (χ0n) is 10.5. The van der Waals surface area contributed by atoms with Crippen LogP contribution in [0.25, 0.3) is 0 Å². The molecule has 0 aliphatic carbocycles. The van der Waals surface area contributed by atoms with E-state index in [2.05, 4.69) is 25.7 Å². The number of carboxylic acid groups (broad SMARTS) is 1. The predicted molar refractivity (Wildman–Crippen MR) is 71.2 cm³/mol. The lowest BCUT2D eigenvalue weighted by molar-refractivity contribution is 0.0649. The van der Waals surface area contributed by atoms with Gasteiger partial charge in [-0.3, -0.25) is 4.68 Å². The summed E-state index contributed by atoms with van der Waals surface area (Å²) >= 11 is 3.46. The highest BCUT2D eigenvalue weighted by Gasteiger charge is 2.29. The largest absolute Gasteiger partial charge is 0.465 e. The molecule has 0 saturated carbocycles. The standard InChI is InChI=1S/C12H16BrN3O3/c13-11-9-7-15(12(17)18)4-1-10(9)16(14-11)8-2-5-19-6-3-8/h8H,1-7H2,(H,17,18). The topological polar surface area (TPSA) is 67.6 Å². The number of hydrogen-bond acceptors (Lipinski definition) is 3. The van der Waals surface area contributed by atoms with Gasteiger partial charge in [-0.25, -0.2) is 4.79 Å². The van der Waals surface area contributed by atoms with Gasteiger partial charge in [-0.2, -0.15) is 5.10 Å². The van der Waals surface area contributed by atoms with Crippen molar-refractivity contribution < 1.29 is 14.6 Å². The van der Waals surface area contributed by atoms with Gasteiger partial charge in [-0.1, -0.05) is 0 Å². The second-order valence-electron chi connectivity index (χ2n) is 4.96.